The van der Waals surface area contributed by atoms with Crippen LogP contribution in [0.2, 0.25) is 0 Å². The normalized spacial score (nSPS) is 17.6. The Labute approximate surface area is 118 Å². The van der Waals surface area contributed by atoms with Crippen LogP contribution in [-0.2, 0) is 11.2 Å². The largest absolute Gasteiger partial charge is 0.479 e. The lowest BCUT2D eigenvalue weighted by molar-refractivity contribution is -0.142. The molecule has 1 aliphatic rings. The molecule has 0 saturated carbocycles. The summed E-state index contributed by atoms with van der Waals surface area (Å²) in [6.07, 6.45) is 4.91. The Morgan fingerprint density at radius 1 is 1.40 bits per heavy atom. The van der Waals surface area contributed by atoms with E-state index in [1.54, 1.807) is 6.07 Å². The van der Waals surface area contributed by atoms with E-state index in [2.05, 4.69) is 9.97 Å². The molecule has 0 spiro atoms. The summed E-state index contributed by atoms with van der Waals surface area (Å²) >= 11 is 1.53. The number of fused-ring (bicyclic) bond motifs is 1. The van der Waals surface area contributed by atoms with Crippen LogP contribution in [0.1, 0.15) is 27.0 Å². The summed E-state index contributed by atoms with van der Waals surface area (Å²) in [4.78, 5) is 34.1. The summed E-state index contributed by atoms with van der Waals surface area (Å²) in [6, 6.07) is 0.828. The van der Waals surface area contributed by atoms with Crippen molar-refractivity contribution in [3.05, 3.63) is 46.2 Å². The van der Waals surface area contributed by atoms with E-state index in [4.69, 9.17) is 0 Å². The second kappa shape index (κ2) is 5.01. The van der Waals surface area contributed by atoms with Crippen molar-refractivity contribution < 1.29 is 14.7 Å². The average molecular weight is 289 g/mol. The first-order valence-corrected chi connectivity index (χ1v) is 6.92. The van der Waals surface area contributed by atoms with Crippen molar-refractivity contribution in [1.29, 1.82) is 0 Å². The number of hydrogen-bond acceptors (Lipinski definition) is 5. The second-order valence-electron chi connectivity index (χ2n) is 4.38. The molecule has 1 amide bonds. The first kappa shape index (κ1) is 12.7. The number of aliphatic carboxylic acids is 1. The zero-order chi connectivity index (χ0) is 14.1. The maximum absolute atomic E-state index is 12.4. The van der Waals surface area contributed by atoms with Crippen LogP contribution in [-0.4, -0.2) is 38.4 Å². The fraction of sp³-hybridized carbons (Fsp3) is 0.231. The monoisotopic (exact) mass is 289 g/mol. The summed E-state index contributed by atoms with van der Waals surface area (Å²) in [5.41, 5.74) is 0.864. The van der Waals surface area contributed by atoms with Crippen molar-refractivity contribution in [3.63, 3.8) is 0 Å². The molecule has 1 atom stereocenters. The number of carboxylic acid groups (broad SMARTS) is 1. The molecular weight excluding hydrogens is 278 g/mol. The molecule has 0 saturated heterocycles. The van der Waals surface area contributed by atoms with Gasteiger partial charge in [0.15, 0.2) is 6.04 Å². The van der Waals surface area contributed by atoms with Crippen molar-refractivity contribution >= 4 is 23.2 Å². The zero-order valence-electron chi connectivity index (χ0n) is 10.4. The van der Waals surface area contributed by atoms with Gasteiger partial charge in [-0.2, -0.15) is 0 Å². The van der Waals surface area contributed by atoms with Gasteiger partial charge >= 0.3 is 5.97 Å². The molecule has 7 heteroatoms. The zero-order valence-corrected chi connectivity index (χ0v) is 11.2. The number of amides is 1. The standard InChI is InChI=1S/C13H11N3O3S/c17-12(9-7-14-3-4-15-9)16-5-1-10-8(2-6-20-10)11(16)13(18)19/h2-4,6-7,11H,1,5H2,(H,18,19). The molecule has 20 heavy (non-hydrogen) atoms. The predicted octanol–water partition coefficient (Wildman–Crippen LogP) is 1.36. The van der Waals surface area contributed by atoms with E-state index in [0.29, 0.717) is 18.5 Å². The first-order valence-electron chi connectivity index (χ1n) is 6.04. The summed E-state index contributed by atoms with van der Waals surface area (Å²) in [5, 5.41) is 11.3. The van der Waals surface area contributed by atoms with E-state index in [1.165, 1.54) is 34.8 Å². The number of carbonyl (C=O) groups excluding carboxylic acids is 1. The number of rotatable bonds is 2. The van der Waals surface area contributed by atoms with E-state index in [-0.39, 0.29) is 5.69 Å². The van der Waals surface area contributed by atoms with Gasteiger partial charge in [0.2, 0.25) is 0 Å². The molecule has 1 unspecified atom stereocenters. The molecule has 2 aromatic rings. The molecule has 6 nitrogen and oxygen atoms in total. The SMILES string of the molecule is O=C(O)C1c2ccsc2CCN1C(=O)c1cnccn1. The lowest BCUT2D eigenvalue weighted by Gasteiger charge is -2.32. The van der Waals surface area contributed by atoms with Gasteiger partial charge in [-0.1, -0.05) is 0 Å². The minimum atomic E-state index is -1.03. The molecule has 102 valence electrons. The average Bonchev–Trinajstić information content (AvgIpc) is 2.94. The van der Waals surface area contributed by atoms with Crippen molar-refractivity contribution in [3.8, 4) is 0 Å². The highest BCUT2D eigenvalue weighted by Crippen LogP contribution is 2.34. The lowest BCUT2D eigenvalue weighted by Crippen LogP contribution is -2.43. The highest BCUT2D eigenvalue weighted by Gasteiger charge is 2.37. The molecule has 0 bridgehead atoms. The maximum atomic E-state index is 12.4. The van der Waals surface area contributed by atoms with Gasteiger partial charge in [-0.3, -0.25) is 9.78 Å². The van der Waals surface area contributed by atoms with E-state index in [0.717, 1.165) is 4.88 Å². The van der Waals surface area contributed by atoms with E-state index < -0.39 is 17.9 Å². The van der Waals surface area contributed by atoms with E-state index >= 15 is 0 Å². The third kappa shape index (κ3) is 2.05. The van der Waals surface area contributed by atoms with Crippen LogP contribution < -0.4 is 0 Å². The molecule has 3 rings (SSSR count). The Kier molecular flexibility index (Phi) is 3.19. The van der Waals surface area contributed by atoms with Crippen molar-refractivity contribution in [2.75, 3.05) is 6.54 Å². The number of aromatic nitrogens is 2. The van der Waals surface area contributed by atoms with Crippen LogP contribution in [0.25, 0.3) is 0 Å². The highest BCUT2D eigenvalue weighted by molar-refractivity contribution is 7.10. The summed E-state index contributed by atoms with van der Waals surface area (Å²) in [7, 11) is 0. The van der Waals surface area contributed by atoms with Crippen LogP contribution in [0.4, 0.5) is 0 Å². The number of thiophene rings is 1. The van der Waals surface area contributed by atoms with Crippen LogP contribution in [0, 0.1) is 0 Å². The molecule has 0 radical (unpaired) electrons. The Balaban J connectivity index is 1.98. The van der Waals surface area contributed by atoms with Crippen LogP contribution in [0.15, 0.2) is 30.0 Å². The summed E-state index contributed by atoms with van der Waals surface area (Å²) < 4.78 is 0. The van der Waals surface area contributed by atoms with Gasteiger partial charge in [-0.15, -0.1) is 11.3 Å². The molecular formula is C13H11N3O3S. The number of hydrogen-bond donors (Lipinski definition) is 1. The number of nitrogens with zero attached hydrogens (tertiary/aromatic N) is 3. The predicted molar refractivity (Wildman–Crippen MR) is 71.5 cm³/mol. The molecule has 2 aromatic heterocycles. The third-order valence-corrected chi connectivity index (χ3v) is 4.24. The molecule has 1 aliphatic heterocycles. The Bertz CT molecular complexity index is 656. The van der Waals surface area contributed by atoms with Crippen LogP contribution in [0.5, 0.6) is 0 Å². The van der Waals surface area contributed by atoms with Gasteiger partial charge < -0.3 is 10.0 Å². The maximum Gasteiger partial charge on any atom is 0.331 e. The topological polar surface area (TPSA) is 83.4 Å². The molecule has 0 fully saturated rings. The Hall–Kier alpha value is -2.28. The lowest BCUT2D eigenvalue weighted by atomic mass is 9.99. The third-order valence-electron chi connectivity index (χ3n) is 3.24. The Morgan fingerprint density at radius 3 is 2.95 bits per heavy atom. The van der Waals surface area contributed by atoms with E-state index in [1.807, 2.05) is 5.38 Å². The minimum Gasteiger partial charge on any atom is -0.479 e. The fourth-order valence-electron chi connectivity index (χ4n) is 2.36. The second-order valence-corrected chi connectivity index (χ2v) is 5.38. The van der Waals surface area contributed by atoms with Gasteiger partial charge in [0.05, 0.1) is 6.20 Å². The minimum absolute atomic E-state index is 0.164. The highest BCUT2D eigenvalue weighted by atomic mass is 32.1. The van der Waals surface area contributed by atoms with E-state index in [9.17, 15) is 14.7 Å². The van der Waals surface area contributed by atoms with Gasteiger partial charge in [0.1, 0.15) is 5.69 Å². The Morgan fingerprint density at radius 2 is 2.25 bits per heavy atom. The first-order chi connectivity index (χ1) is 9.68. The van der Waals surface area contributed by atoms with Crippen LogP contribution >= 0.6 is 11.3 Å². The molecule has 1 N–H and O–H groups in total. The smallest absolute Gasteiger partial charge is 0.331 e. The van der Waals surface area contributed by atoms with Crippen LogP contribution in [0.3, 0.4) is 0 Å². The van der Waals surface area contributed by atoms with Crippen molar-refractivity contribution in [1.82, 2.24) is 14.9 Å². The molecule has 0 aliphatic carbocycles. The van der Waals surface area contributed by atoms with Gasteiger partial charge in [0, 0.05) is 23.8 Å². The molecule has 0 aromatic carbocycles. The summed E-state index contributed by atoms with van der Waals surface area (Å²) in [5.74, 6) is -1.43. The fourth-order valence-corrected chi connectivity index (χ4v) is 3.26. The van der Waals surface area contributed by atoms with Crippen molar-refractivity contribution in [2.24, 2.45) is 0 Å². The molecule has 3 heterocycles. The quantitative estimate of drug-likeness (QED) is 0.902. The van der Waals surface area contributed by atoms with Gasteiger partial charge in [-0.05, 0) is 23.4 Å². The number of carbonyl (C=O) groups is 2. The number of carboxylic acids is 1. The summed E-state index contributed by atoms with van der Waals surface area (Å²) in [6.45, 7) is 0.375. The van der Waals surface area contributed by atoms with Gasteiger partial charge in [-0.25, -0.2) is 9.78 Å². The van der Waals surface area contributed by atoms with Crippen molar-refractivity contribution in [2.45, 2.75) is 12.5 Å². The van der Waals surface area contributed by atoms with Gasteiger partial charge in [0.25, 0.3) is 5.91 Å².